The molecule has 0 saturated carbocycles. The Morgan fingerprint density at radius 2 is 1.60 bits per heavy atom. The van der Waals surface area contributed by atoms with E-state index in [1.54, 1.807) is 29.2 Å². The number of fused-ring (bicyclic) bond motifs is 2. The zero-order valence-corrected chi connectivity index (χ0v) is 19.6. The predicted octanol–water partition coefficient (Wildman–Crippen LogP) is 4.27. The number of carbonyl (C=O) groups excluding carboxylic acids is 4. The number of esters is 1. The molecule has 0 fully saturated rings. The van der Waals surface area contributed by atoms with Crippen molar-refractivity contribution in [2.45, 2.75) is 26.0 Å². The summed E-state index contributed by atoms with van der Waals surface area (Å²) in [5.74, 6) is -2.14. The number of benzene rings is 3. The number of anilines is 1. The smallest absolute Gasteiger partial charge is 0.338 e. The largest absolute Gasteiger partial charge is 0.449 e. The van der Waals surface area contributed by atoms with Gasteiger partial charge in [-0.2, -0.15) is 0 Å². The van der Waals surface area contributed by atoms with E-state index in [2.05, 4.69) is 0 Å². The summed E-state index contributed by atoms with van der Waals surface area (Å²) in [6.45, 7) is 2.54. The third-order valence-corrected chi connectivity index (χ3v) is 6.61. The average Bonchev–Trinajstić information content (AvgIpc) is 3.12. The molecule has 1 atom stereocenters. The number of carbonyl (C=O) groups is 4. The lowest BCUT2D eigenvalue weighted by atomic mass is 9.99. The van der Waals surface area contributed by atoms with E-state index >= 15 is 0 Å². The molecule has 0 aromatic heterocycles. The zero-order valence-electron chi connectivity index (χ0n) is 18.9. The van der Waals surface area contributed by atoms with Gasteiger partial charge in [-0.05, 0) is 54.8 Å². The van der Waals surface area contributed by atoms with Gasteiger partial charge in [-0.1, -0.05) is 48.0 Å². The molecule has 2 aliphatic heterocycles. The van der Waals surface area contributed by atoms with E-state index in [1.807, 2.05) is 24.3 Å². The van der Waals surface area contributed by atoms with Gasteiger partial charge in [-0.3, -0.25) is 14.4 Å². The Balaban J connectivity index is 1.30. The van der Waals surface area contributed by atoms with Crippen LogP contribution in [-0.2, 0) is 22.5 Å². The van der Waals surface area contributed by atoms with Gasteiger partial charge in [0.1, 0.15) is 0 Å². The first kappa shape index (κ1) is 22.8. The highest BCUT2D eigenvalue weighted by atomic mass is 35.5. The maximum Gasteiger partial charge on any atom is 0.338 e. The molecule has 8 heteroatoms. The number of amides is 3. The Hall–Kier alpha value is -3.97. The minimum Gasteiger partial charge on any atom is -0.449 e. The van der Waals surface area contributed by atoms with Crippen molar-refractivity contribution in [2.24, 2.45) is 0 Å². The van der Waals surface area contributed by atoms with Crippen molar-refractivity contribution >= 4 is 41.0 Å². The van der Waals surface area contributed by atoms with Gasteiger partial charge in [-0.25, -0.2) is 9.69 Å². The lowest BCUT2D eigenvalue weighted by Gasteiger charge is -2.30. The number of nitrogens with zero attached hydrogens (tertiary/aromatic N) is 2. The monoisotopic (exact) mass is 488 g/mol. The third-order valence-electron chi connectivity index (χ3n) is 6.29. The molecule has 0 spiro atoms. The van der Waals surface area contributed by atoms with Crippen LogP contribution in [0.15, 0.2) is 66.7 Å². The van der Waals surface area contributed by atoms with Crippen molar-refractivity contribution in [1.82, 2.24) is 4.90 Å². The predicted molar refractivity (Wildman–Crippen MR) is 129 cm³/mol. The van der Waals surface area contributed by atoms with Crippen molar-refractivity contribution in [3.63, 3.8) is 0 Å². The van der Waals surface area contributed by atoms with Crippen molar-refractivity contribution in [3.8, 4) is 0 Å². The summed E-state index contributed by atoms with van der Waals surface area (Å²) in [6.07, 6.45) is -0.260. The van der Waals surface area contributed by atoms with Gasteiger partial charge in [0.25, 0.3) is 17.7 Å². The quantitative estimate of drug-likeness (QED) is 0.404. The van der Waals surface area contributed by atoms with Crippen LogP contribution in [-0.4, -0.2) is 41.2 Å². The fourth-order valence-corrected chi connectivity index (χ4v) is 4.66. The van der Waals surface area contributed by atoms with Gasteiger partial charge in [0.05, 0.1) is 27.4 Å². The first-order valence-corrected chi connectivity index (χ1v) is 11.6. The Kier molecular flexibility index (Phi) is 5.86. The molecular weight excluding hydrogens is 468 g/mol. The topological polar surface area (TPSA) is 84.0 Å². The molecule has 0 saturated heterocycles. The van der Waals surface area contributed by atoms with Crippen LogP contribution >= 0.6 is 11.6 Å². The molecule has 0 aliphatic carbocycles. The summed E-state index contributed by atoms with van der Waals surface area (Å²) in [5.41, 5.74) is 2.89. The number of para-hydroxylation sites is 1. The Labute approximate surface area is 206 Å². The van der Waals surface area contributed by atoms with Gasteiger partial charge < -0.3 is 9.64 Å². The van der Waals surface area contributed by atoms with Gasteiger partial charge in [-0.15, -0.1) is 0 Å². The van der Waals surface area contributed by atoms with E-state index in [0.29, 0.717) is 13.1 Å². The Morgan fingerprint density at radius 3 is 2.37 bits per heavy atom. The SMILES string of the molecule is C[C@@H](OC(=O)c1ccc2c(c1)C(=O)N(c1ccccc1Cl)C2=O)C(=O)N1CCc2ccccc2C1. The van der Waals surface area contributed by atoms with Crippen LogP contribution < -0.4 is 4.90 Å². The van der Waals surface area contributed by atoms with E-state index in [0.717, 1.165) is 16.9 Å². The van der Waals surface area contributed by atoms with Gasteiger partial charge in [0, 0.05) is 13.1 Å². The molecule has 5 rings (SSSR count). The maximum absolute atomic E-state index is 13.0. The van der Waals surface area contributed by atoms with Crippen molar-refractivity contribution < 1.29 is 23.9 Å². The molecule has 0 N–H and O–H groups in total. The fourth-order valence-electron chi connectivity index (χ4n) is 4.44. The van der Waals surface area contributed by atoms with Crippen LogP contribution in [0, 0.1) is 0 Å². The fraction of sp³-hybridized carbons (Fsp3) is 0.185. The number of hydrogen-bond acceptors (Lipinski definition) is 5. The highest BCUT2D eigenvalue weighted by Crippen LogP contribution is 2.33. The zero-order chi connectivity index (χ0) is 24.7. The van der Waals surface area contributed by atoms with E-state index in [9.17, 15) is 19.2 Å². The molecule has 0 radical (unpaired) electrons. The molecular formula is C27H21ClN2O5. The van der Waals surface area contributed by atoms with Crippen LogP contribution in [0.1, 0.15) is 49.1 Å². The highest BCUT2D eigenvalue weighted by molar-refractivity contribution is 6.39. The summed E-state index contributed by atoms with van der Waals surface area (Å²) in [7, 11) is 0. The molecule has 35 heavy (non-hydrogen) atoms. The molecule has 7 nitrogen and oxygen atoms in total. The first-order chi connectivity index (χ1) is 16.8. The number of ether oxygens (including phenoxy) is 1. The van der Waals surface area contributed by atoms with E-state index in [4.69, 9.17) is 16.3 Å². The summed E-state index contributed by atoms with van der Waals surface area (Å²) < 4.78 is 5.43. The molecule has 3 aromatic carbocycles. The molecule has 3 amide bonds. The molecule has 176 valence electrons. The normalized spacial score (nSPS) is 15.5. The number of imide groups is 1. The minimum absolute atomic E-state index is 0.0783. The van der Waals surface area contributed by atoms with Gasteiger partial charge >= 0.3 is 5.97 Å². The average molecular weight is 489 g/mol. The summed E-state index contributed by atoms with van der Waals surface area (Å²) in [5, 5.41) is 0.259. The number of halogens is 1. The number of hydrogen-bond donors (Lipinski definition) is 0. The van der Waals surface area contributed by atoms with Gasteiger partial charge in [0.2, 0.25) is 0 Å². The van der Waals surface area contributed by atoms with Crippen LogP contribution in [0.2, 0.25) is 5.02 Å². The van der Waals surface area contributed by atoms with Crippen LogP contribution in [0.5, 0.6) is 0 Å². The van der Waals surface area contributed by atoms with Crippen molar-refractivity contribution in [2.75, 3.05) is 11.4 Å². The second-order valence-corrected chi connectivity index (χ2v) is 8.89. The molecule has 0 bridgehead atoms. The molecule has 2 aliphatic rings. The van der Waals surface area contributed by atoms with Crippen molar-refractivity contribution in [3.05, 3.63) is 99.6 Å². The Bertz CT molecular complexity index is 1390. The van der Waals surface area contributed by atoms with Gasteiger partial charge in [0.15, 0.2) is 6.10 Å². The summed E-state index contributed by atoms with van der Waals surface area (Å²) in [6, 6.07) is 18.6. The second-order valence-electron chi connectivity index (χ2n) is 8.48. The molecule has 2 heterocycles. The van der Waals surface area contributed by atoms with Crippen LogP contribution in [0.4, 0.5) is 5.69 Å². The second kappa shape index (κ2) is 9.00. The highest BCUT2D eigenvalue weighted by Gasteiger charge is 2.38. The summed E-state index contributed by atoms with van der Waals surface area (Å²) in [4.78, 5) is 54.2. The van der Waals surface area contributed by atoms with Crippen molar-refractivity contribution in [1.29, 1.82) is 0 Å². The van der Waals surface area contributed by atoms with E-state index < -0.39 is 23.9 Å². The Morgan fingerprint density at radius 1 is 0.914 bits per heavy atom. The molecule has 3 aromatic rings. The molecule has 0 unspecified atom stereocenters. The standard InChI is InChI=1S/C27H21ClN2O5/c1-16(24(31)29-13-12-17-6-2-3-7-19(17)15-29)35-27(34)18-10-11-20-21(14-18)26(33)30(25(20)32)23-9-5-4-8-22(23)28/h2-11,14,16H,12-13,15H2,1H3/t16-/m1/s1. The number of rotatable bonds is 4. The first-order valence-electron chi connectivity index (χ1n) is 11.2. The van der Waals surface area contributed by atoms with Crippen LogP contribution in [0.25, 0.3) is 0 Å². The van der Waals surface area contributed by atoms with Crippen LogP contribution in [0.3, 0.4) is 0 Å². The lowest BCUT2D eigenvalue weighted by molar-refractivity contribution is -0.140. The summed E-state index contributed by atoms with van der Waals surface area (Å²) >= 11 is 6.18. The van der Waals surface area contributed by atoms with E-state index in [-0.39, 0.29) is 33.3 Å². The maximum atomic E-state index is 13.0. The third kappa shape index (κ3) is 4.08. The van der Waals surface area contributed by atoms with E-state index in [1.165, 1.54) is 30.7 Å². The minimum atomic E-state index is -1.00. The lowest BCUT2D eigenvalue weighted by Crippen LogP contribution is -2.42.